The predicted octanol–water partition coefficient (Wildman–Crippen LogP) is 2.41. The number of nitrogens with zero attached hydrogens (tertiary/aromatic N) is 3. The highest BCUT2D eigenvalue weighted by Crippen LogP contribution is 2.25. The van der Waals surface area contributed by atoms with Crippen LogP contribution in [-0.4, -0.2) is 80.8 Å². The highest BCUT2D eigenvalue weighted by atomic mass is 16.5. The molecular weight excluding hydrogens is 362 g/mol. The van der Waals surface area contributed by atoms with Gasteiger partial charge in [-0.2, -0.15) is 0 Å². The van der Waals surface area contributed by atoms with Gasteiger partial charge in [0, 0.05) is 38.8 Å². The summed E-state index contributed by atoms with van der Waals surface area (Å²) >= 11 is 0. The summed E-state index contributed by atoms with van der Waals surface area (Å²) in [6.07, 6.45) is 2.59. The average molecular weight is 402 g/mol. The van der Waals surface area contributed by atoms with Crippen LogP contribution >= 0.6 is 0 Å². The molecule has 1 aromatic carbocycles. The van der Waals surface area contributed by atoms with E-state index < -0.39 is 0 Å². The summed E-state index contributed by atoms with van der Waals surface area (Å²) in [4.78, 5) is 9.57. The lowest BCUT2D eigenvalue weighted by atomic mass is 10.0. The number of rotatable bonds is 7. The number of ether oxygens (including phenoxy) is 1. The number of guanidine groups is 1. The number of morpholine rings is 1. The molecule has 2 aliphatic rings. The zero-order chi connectivity index (χ0) is 20.7. The normalized spacial score (nSPS) is 20.6. The van der Waals surface area contributed by atoms with Crippen molar-refractivity contribution in [1.82, 2.24) is 20.4 Å². The second-order valence-corrected chi connectivity index (χ2v) is 8.89. The third-order valence-corrected chi connectivity index (χ3v) is 6.29. The molecule has 2 N–H and O–H groups in total. The lowest BCUT2D eigenvalue weighted by Gasteiger charge is -2.41. The van der Waals surface area contributed by atoms with Gasteiger partial charge in [0.15, 0.2) is 5.96 Å². The summed E-state index contributed by atoms with van der Waals surface area (Å²) in [5.74, 6) is 0.877. The monoisotopic (exact) mass is 401 g/mol. The van der Waals surface area contributed by atoms with Gasteiger partial charge < -0.3 is 15.4 Å². The molecule has 0 aliphatic carbocycles. The van der Waals surface area contributed by atoms with Crippen molar-refractivity contribution in [2.75, 3.05) is 59.5 Å². The van der Waals surface area contributed by atoms with Crippen LogP contribution < -0.4 is 10.6 Å². The Labute approximate surface area is 176 Å². The first-order chi connectivity index (χ1) is 14.0. The van der Waals surface area contributed by atoms with Gasteiger partial charge in [-0.1, -0.05) is 29.8 Å². The Morgan fingerprint density at radius 3 is 2.34 bits per heavy atom. The van der Waals surface area contributed by atoms with Crippen molar-refractivity contribution in [3.05, 3.63) is 35.4 Å². The Kier molecular flexibility index (Phi) is 7.92. The predicted molar refractivity (Wildman–Crippen MR) is 121 cm³/mol. The molecule has 2 heterocycles. The number of benzene rings is 1. The van der Waals surface area contributed by atoms with Crippen molar-refractivity contribution in [2.24, 2.45) is 4.99 Å². The van der Waals surface area contributed by atoms with E-state index in [1.807, 2.05) is 7.05 Å². The molecule has 0 saturated carbocycles. The van der Waals surface area contributed by atoms with Crippen molar-refractivity contribution in [2.45, 2.75) is 45.2 Å². The molecule has 2 fully saturated rings. The van der Waals surface area contributed by atoms with E-state index in [1.165, 1.54) is 37.1 Å². The molecule has 2 aliphatic heterocycles. The van der Waals surface area contributed by atoms with Gasteiger partial charge in [0.05, 0.1) is 19.3 Å². The molecule has 0 radical (unpaired) electrons. The summed E-state index contributed by atoms with van der Waals surface area (Å²) < 4.78 is 5.50. The van der Waals surface area contributed by atoms with Gasteiger partial charge in [0.2, 0.25) is 0 Å². The molecule has 0 aromatic heterocycles. The van der Waals surface area contributed by atoms with Crippen LogP contribution in [-0.2, 0) is 4.74 Å². The second-order valence-electron chi connectivity index (χ2n) is 8.89. The first-order valence-corrected chi connectivity index (χ1v) is 11.1. The number of hydrogen-bond donors (Lipinski definition) is 2. The van der Waals surface area contributed by atoms with Crippen LogP contribution in [0.5, 0.6) is 0 Å². The van der Waals surface area contributed by atoms with E-state index >= 15 is 0 Å². The molecule has 6 nitrogen and oxygen atoms in total. The maximum Gasteiger partial charge on any atom is 0.191 e. The van der Waals surface area contributed by atoms with E-state index in [-0.39, 0.29) is 5.54 Å². The molecule has 0 amide bonds. The molecule has 0 bridgehead atoms. The van der Waals surface area contributed by atoms with Crippen molar-refractivity contribution in [1.29, 1.82) is 0 Å². The average Bonchev–Trinajstić information content (AvgIpc) is 3.27. The summed E-state index contributed by atoms with van der Waals surface area (Å²) in [6, 6.07) is 9.37. The largest absolute Gasteiger partial charge is 0.379 e. The zero-order valence-corrected chi connectivity index (χ0v) is 18.7. The van der Waals surface area contributed by atoms with E-state index in [0.717, 1.165) is 45.4 Å². The Balaban J connectivity index is 1.57. The number of aryl methyl sites for hydroxylation is 1. The molecule has 1 unspecified atom stereocenters. The van der Waals surface area contributed by atoms with Crippen LogP contribution in [0.1, 0.15) is 43.9 Å². The topological polar surface area (TPSA) is 52.1 Å². The van der Waals surface area contributed by atoms with Crippen molar-refractivity contribution in [3.63, 3.8) is 0 Å². The number of hydrogen-bond acceptors (Lipinski definition) is 4. The Morgan fingerprint density at radius 1 is 1.07 bits per heavy atom. The zero-order valence-electron chi connectivity index (χ0n) is 18.7. The summed E-state index contributed by atoms with van der Waals surface area (Å²) in [5.41, 5.74) is 2.76. The second kappa shape index (κ2) is 10.4. The summed E-state index contributed by atoms with van der Waals surface area (Å²) in [7, 11) is 1.85. The van der Waals surface area contributed by atoms with Crippen LogP contribution in [0.25, 0.3) is 0 Å². The molecule has 0 spiro atoms. The van der Waals surface area contributed by atoms with E-state index in [2.05, 4.69) is 70.5 Å². The molecule has 3 rings (SSSR count). The van der Waals surface area contributed by atoms with E-state index in [1.54, 1.807) is 0 Å². The third-order valence-electron chi connectivity index (χ3n) is 6.29. The van der Waals surface area contributed by atoms with Gasteiger partial charge in [0.25, 0.3) is 0 Å². The third kappa shape index (κ3) is 6.17. The van der Waals surface area contributed by atoms with Crippen LogP contribution in [0, 0.1) is 6.92 Å². The minimum Gasteiger partial charge on any atom is -0.379 e. The van der Waals surface area contributed by atoms with E-state index in [4.69, 9.17) is 4.74 Å². The Morgan fingerprint density at radius 2 is 1.72 bits per heavy atom. The van der Waals surface area contributed by atoms with Gasteiger partial charge in [-0.15, -0.1) is 0 Å². The van der Waals surface area contributed by atoms with Gasteiger partial charge >= 0.3 is 0 Å². The summed E-state index contributed by atoms with van der Waals surface area (Å²) in [6.45, 7) is 14.4. The minimum absolute atomic E-state index is 0.0622. The van der Waals surface area contributed by atoms with Gasteiger partial charge in [0.1, 0.15) is 0 Å². The lowest BCUT2D eigenvalue weighted by molar-refractivity contribution is -0.00834. The summed E-state index contributed by atoms with van der Waals surface area (Å²) in [5, 5.41) is 7.14. The SMILES string of the molecule is CN=C(NCC(c1ccc(C)cc1)N1CCCC1)NCC(C)(C)N1CCOCC1. The van der Waals surface area contributed by atoms with Gasteiger partial charge in [-0.3, -0.25) is 14.8 Å². The van der Waals surface area contributed by atoms with E-state index in [9.17, 15) is 0 Å². The standard InChI is InChI=1S/C23H39N5O/c1-19-7-9-20(10-8-19)21(27-11-5-6-12-27)17-25-22(24-4)26-18-23(2,3)28-13-15-29-16-14-28/h7-10,21H,5-6,11-18H2,1-4H3,(H2,24,25,26). The fraction of sp³-hybridized carbons (Fsp3) is 0.696. The molecule has 1 aromatic rings. The molecule has 162 valence electrons. The first-order valence-electron chi connectivity index (χ1n) is 11.1. The highest BCUT2D eigenvalue weighted by molar-refractivity contribution is 5.79. The van der Waals surface area contributed by atoms with Crippen molar-refractivity contribution in [3.8, 4) is 0 Å². The Bertz CT molecular complexity index is 646. The quantitative estimate of drug-likeness (QED) is 0.543. The number of aliphatic imine (C=N–C) groups is 1. The fourth-order valence-electron chi connectivity index (χ4n) is 4.29. The van der Waals surface area contributed by atoms with Crippen LogP contribution in [0.2, 0.25) is 0 Å². The van der Waals surface area contributed by atoms with E-state index in [0.29, 0.717) is 6.04 Å². The van der Waals surface area contributed by atoms with Crippen LogP contribution in [0.15, 0.2) is 29.3 Å². The first kappa shape index (κ1) is 22.1. The smallest absolute Gasteiger partial charge is 0.191 e. The van der Waals surface area contributed by atoms with Crippen LogP contribution in [0.3, 0.4) is 0 Å². The molecular formula is C23H39N5O. The maximum atomic E-state index is 5.50. The molecule has 29 heavy (non-hydrogen) atoms. The fourth-order valence-corrected chi connectivity index (χ4v) is 4.29. The molecule has 6 heteroatoms. The maximum absolute atomic E-state index is 5.50. The number of nitrogens with one attached hydrogen (secondary N) is 2. The number of likely N-dealkylation sites (tertiary alicyclic amines) is 1. The highest BCUT2D eigenvalue weighted by Gasteiger charge is 2.29. The Hall–Kier alpha value is -1.63. The lowest BCUT2D eigenvalue weighted by Crippen LogP contribution is -2.56. The van der Waals surface area contributed by atoms with Crippen molar-refractivity contribution < 1.29 is 4.74 Å². The van der Waals surface area contributed by atoms with Crippen LogP contribution in [0.4, 0.5) is 0 Å². The van der Waals surface area contributed by atoms with Gasteiger partial charge in [-0.25, -0.2) is 0 Å². The molecule has 1 atom stereocenters. The molecule has 2 saturated heterocycles. The minimum atomic E-state index is 0.0622. The van der Waals surface area contributed by atoms with Gasteiger partial charge in [-0.05, 0) is 52.3 Å². The van der Waals surface area contributed by atoms with Crippen molar-refractivity contribution >= 4 is 5.96 Å².